The van der Waals surface area contributed by atoms with E-state index in [1.54, 1.807) is 0 Å². The van der Waals surface area contributed by atoms with Gasteiger partial charge in [0.1, 0.15) is 6.61 Å². The van der Waals surface area contributed by atoms with Crippen LogP contribution in [0.4, 0.5) is 0 Å². The monoisotopic (exact) mass is 870 g/mol. The lowest BCUT2D eigenvalue weighted by Crippen LogP contribution is -2.75. The molecule has 0 aromatic rings. The first kappa shape index (κ1) is 36.0. The summed E-state index contributed by atoms with van der Waals surface area (Å²) in [5.74, 6) is -0.279. The molecule has 0 amide bonds. The number of esters is 1. The second kappa shape index (κ2) is 13.2. The largest absolute Gasteiger partial charge is 0.464 e. The van der Waals surface area contributed by atoms with Crippen LogP contribution in [0.1, 0.15) is 92.9 Å². The van der Waals surface area contributed by atoms with Gasteiger partial charge in [0.2, 0.25) is 0 Å². The Morgan fingerprint density at radius 2 is 1.30 bits per heavy atom. The number of hydrogen-bond acceptors (Lipinski definition) is 6. The Morgan fingerprint density at radius 1 is 0.773 bits per heavy atom. The van der Waals surface area contributed by atoms with E-state index in [2.05, 4.69) is 117 Å². The average Bonchev–Trinajstić information content (AvgIpc) is 2.92. The van der Waals surface area contributed by atoms with Crippen molar-refractivity contribution in [3.63, 3.8) is 0 Å². The highest BCUT2D eigenvalue weighted by Gasteiger charge is 2.71. The molecular weight excluding hydrogens is 824 g/mol. The summed E-state index contributed by atoms with van der Waals surface area (Å²) in [5.41, 5.74) is -1.73. The smallest absolute Gasteiger partial charge is 0.314 e. The first-order valence-corrected chi connectivity index (χ1v) is 19.4. The maximum Gasteiger partial charge on any atom is 0.314 e. The van der Waals surface area contributed by atoms with Gasteiger partial charge in [-0.3, -0.25) is 4.79 Å². The van der Waals surface area contributed by atoms with Gasteiger partial charge >= 0.3 is 5.97 Å². The number of carbonyl (C=O) groups is 1. The number of hydrogen-bond donors (Lipinski definition) is 0. The first-order chi connectivity index (χ1) is 20.5. The molecule has 6 rings (SSSR count). The van der Waals surface area contributed by atoms with E-state index in [-0.39, 0.29) is 34.2 Å². The van der Waals surface area contributed by atoms with Gasteiger partial charge in [-0.25, -0.2) is 0 Å². The molecule has 0 N–H and O–H groups in total. The second-order valence-corrected chi connectivity index (χ2v) is 21.7. The molecule has 2 bridgehead atoms. The van der Waals surface area contributed by atoms with Crippen molar-refractivity contribution in [1.82, 2.24) is 0 Å². The molecule has 44 heavy (non-hydrogen) atoms. The molecule has 6 aliphatic rings. The van der Waals surface area contributed by atoms with Crippen LogP contribution >= 0.6 is 63.7 Å². The first-order valence-electron chi connectivity index (χ1n) is 16.2. The fourth-order valence-corrected chi connectivity index (χ4v) is 9.65. The van der Waals surface area contributed by atoms with Crippen LogP contribution in [0, 0.1) is 44.8 Å². The summed E-state index contributed by atoms with van der Waals surface area (Å²) in [5, 5.41) is 0. The molecule has 0 spiro atoms. The molecule has 0 aromatic heterocycles. The molecule has 4 aliphatic heterocycles. The molecule has 4 saturated heterocycles. The summed E-state index contributed by atoms with van der Waals surface area (Å²) < 4.78 is 34.7. The molecular formula is C34H50Br4O6. The normalized spacial score (nSPS) is 38.8. The molecule has 0 aromatic carbocycles. The number of allylic oxidation sites excluding steroid dienone is 2. The number of ether oxygens (including phenoxy) is 5. The summed E-state index contributed by atoms with van der Waals surface area (Å²) in [6.07, 6.45) is 11.2. The lowest BCUT2D eigenvalue weighted by Gasteiger charge is -2.66. The van der Waals surface area contributed by atoms with Crippen molar-refractivity contribution < 1.29 is 28.5 Å². The fourth-order valence-electron chi connectivity index (χ4n) is 8.16. The fraction of sp³-hybridized carbons (Fsp3) is 0.853. The summed E-state index contributed by atoms with van der Waals surface area (Å²) in [4.78, 5) is 14.8. The predicted molar refractivity (Wildman–Crippen MR) is 187 cm³/mol. The molecule has 0 radical (unpaired) electrons. The van der Waals surface area contributed by atoms with Gasteiger partial charge in [-0.1, -0.05) is 53.7 Å². The second-order valence-electron chi connectivity index (χ2n) is 16.2. The predicted octanol–water partition coefficient (Wildman–Crippen LogP) is 9.97. The zero-order valence-corrected chi connectivity index (χ0v) is 33.5. The Labute approximate surface area is 298 Å². The topological polar surface area (TPSA) is 63.2 Å². The van der Waals surface area contributed by atoms with E-state index in [0.29, 0.717) is 57.7 Å². The van der Waals surface area contributed by atoms with Gasteiger partial charge < -0.3 is 23.7 Å². The van der Waals surface area contributed by atoms with E-state index in [0.717, 1.165) is 45.3 Å². The zero-order valence-electron chi connectivity index (χ0n) is 27.1. The maximum absolute atomic E-state index is 14.8. The van der Waals surface area contributed by atoms with Crippen molar-refractivity contribution in [1.29, 1.82) is 0 Å². The minimum absolute atomic E-state index is 0.0412. The van der Waals surface area contributed by atoms with E-state index in [4.69, 9.17) is 23.7 Å². The lowest BCUT2D eigenvalue weighted by molar-refractivity contribution is -0.525. The third kappa shape index (κ3) is 6.65. The number of carbonyl (C=O) groups excluding carboxylic acids is 1. The number of halogens is 4. The summed E-state index contributed by atoms with van der Waals surface area (Å²) in [7, 11) is 0. The van der Waals surface area contributed by atoms with Crippen molar-refractivity contribution in [2.45, 2.75) is 105 Å². The van der Waals surface area contributed by atoms with Crippen molar-refractivity contribution >= 4 is 69.7 Å². The minimum Gasteiger partial charge on any atom is -0.464 e. The van der Waals surface area contributed by atoms with Crippen molar-refractivity contribution in [3.8, 4) is 0 Å². The van der Waals surface area contributed by atoms with Crippen molar-refractivity contribution in [2.24, 2.45) is 44.8 Å². The minimum atomic E-state index is -1.13. The zero-order chi connectivity index (χ0) is 32.2. The van der Waals surface area contributed by atoms with Gasteiger partial charge in [0.05, 0.1) is 50.1 Å². The van der Waals surface area contributed by atoms with E-state index in [1.807, 2.05) is 0 Å². The Balaban J connectivity index is 1.48. The maximum atomic E-state index is 14.8. The number of fused-ring (bicyclic) bond motifs is 3. The molecule has 2 saturated carbocycles. The Hall–Kier alpha value is 0.710. The van der Waals surface area contributed by atoms with Crippen molar-refractivity contribution in [2.75, 3.05) is 33.0 Å². The van der Waals surface area contributed by atoms with Gasteiger partial charge in [-0.2, -0.15) is 0 Å². The lowest BCUT2D eigenvalue weighted by atomic mass is 9.53. The molecule has 6 nitrogen and oxygen atoms in total. The van der Waals surface area contributed by atoms with Gasteiger partial charge in [-0.15, -0.1) is 0 Å². The van der Waals surface area contributed by atoms with Gasteiger partial charge in [-0.05, 0) is 138 Å². The van der Waals surface area contributed by atoms with Gasteiger partial charge in [0, 0.05) is 11.3 Å². The molecule has 4 heterocycles. The molecule has 250 valence electrons. The van der Waals surface area contributed by atoms with Gasteiger partial charge in [0.25, 0.3) is 5.97 Å². The molecule has 1 atom stereocenters. The van der Waals surface area contributed by atoms with E-state index in [1.165, 1.54) is 0 Å². The highest BCUT2D eigenvalue weighted by molar-refractivity contribution is 9.28. The van der Waals surface area contributed by atoms with Crippen LogP contribution in [0.2, 0.25) is 0 Å². The van der Waals surface area contributed by atoms with Crippen LogP contribution in [-0.2, 0) is 28.5 Å². The summed E-state index contributed by atoms with van der Waals surface area (Å²) in [6, 6.07) is 0. The standard InChI is InChI=1S/C34H50Br4O6/c1-29(2,3)31(17-40-18-31)19-41-28(39)32(13-11-23(12-14-32)16-26(37)38)27-33(30(4,5)6)20-42-34(44-27,43-21-33)24-9-7-22(8-10-24)15-25(35)36/h15-16,22-24,27H,7-14,17-21H2,1-6H3. The van der Waals surface area contributed by atoms with E-state index >= 15 is 0 Å². The van der Waals surface area contributed by atoms with E-state index in [9.17, 15) is 4.79 Å². The van der Waals surface area contributed by atoms with Crippen LogP contribution in [0.5, 0.6) is 0 Å². The van der Waals surface area contributed by atoms with Crippen LogP contribution in [0.15, 0.2) is 18.9 Å². The molecule has 1 unspecified atom stereocenters. The third-order valence-corrected chi connectivity index (χ3v) is 13.1. The summed E-state index contributed by atoms with van der Waals surface area (Å²) in [6.45, 7) is 16.0. The SMILES string of the molecule is CC(C)(C)C1(COC(=O)C2(C3OC4(C5CCC(C=C(Br)Br)CC5)OCC3(C(C)(C)C)CO4)CCC(C=C(Br)Br)CC2)COC1. The number of rotatable bonds is 7. The summed E-state index contributed by atoms with van der Waals surface area (Å²) >= 11 is 14.2. The van der Waals surface area contributed by atoms with Crippen LogP contribution in [0.25, 0.3) is 0 Å². The van der Waals surface area contributed by atoms with Crippen LogP contribution in [-0.4, -0.2) is 51.1 Å². The van der Waals surface area contributed by atoms with E-state index < -0.39 is 16.8 Å². The Kier molecular flexibility index (Phi) is 10.8. The Morgan fingerprint density at radius 3 is 1.73 bits per heavy atom. The van der Waals surface area contributed by atoms with Crippen LogP contribution < -0.4 is 0 Å². The highest BCUT2D eigenvalue weighted by atomic mass is 79.9. The Bertz CT molecular complexity index is 1100. The van der Waals surface area contributed by atoms with Gasteiger partial charge in [0.15, 0.2) is 0 Å². The third-order valence-electron chi connectivity index (χ3n) is 12.0. The van der Waals surface area contributed by atoms with Crippen LogP contribution in [0.3, 0.4) is 0 Å². The highest BCUT2D eigenvalue weighted by Crippen LogP contribution is 2.63. The quantitative estimate of drug-likeness (QED) is 0.238. The molecule has 10 heteroatoms. The average molecular weight is 874 g/mol. The molecule has 2 aliphatic carbocycles. The molecule has 6 fully saturated rings. The van der Waals surface area contributed by atoms with Crippen molar-refractivity contribution in [3.05, 3.63) is 18.9 Å².